The van der Waals surface area contributed by atoms with Crippen LogP contribution in [-0.4, -0.2) is 67.3 Å². The number of hydrogen-bond acceptors (Lipinski definition) is 9. The molecule has 5 N–H and O–H groups in total. The molecule has 0 radical (unpaired) electrons. The molecule has 1 saturated heterocycles. The molecule has 1 aromatic carbocycles. The molecule has 1 aliphatic rings. The van der Waals surface area contributed by atoms with E-state index in [2.05, 4.69) is 59.7 Å². The van der Waals surface area contributed by atoms with Crippen molar-refractivity contribution in [1.82, 2.24) is 19.5 Å². The predicted octanol–water partition coefficient (Wildman–Crippen LogP) is 0.800. The number of aliphatic hydroxyl groups is 2. The average molecular weight is 540 g/mol. The number of benzene rings is 1. The molecule has 4 atom stereocenters. The van der Waals surface area contributed by atoms with Crippen molar-refractivity contribution in [2.24, 2.45) is 5.73 Å². The van der Waals surface area contributed by atoms with Crippen LogP contribution in [0.3, 0.4) is 0 Å². The average Bonchev–Trinajstić information content (AvgIpc) is 3.29. The molecule has 11 nitrogen and oxygen atoms in total. The maximum atomic E-state index is 10.8. The molecule has 0 saturated carbocycles. The van der Waals surface area contributed by atoms with Crippen molar-refractivity contribution >= 4 is 45.7 Å². The lowest BCUT2D eigenvalue weighted by Gasteiger charge is -2.16. The lowest BCUT2D eigenvalue weighted by Crippen LogP contribution is -2.35. The number of aromatic nitrogens is 4. The smallest absolute Gasteiger partial charge is 0.404 e. The summed E-state index contributed by atoms with van der Waals surface area (Å²) in [5.41, 5.74) is 7.10. The molecule has 1 fully saturated rings. The van der Waals surface area contributed by atoms with Crippen molar-refractivity contribution in [2.75, 3.05) is 18.5 Å². The van der Waals surface area contributed by atoms with Crippen molar-refractivity contribution < 1.29 is 24.5 Å². The Labute approximate surface area is 190 Å². The van der Waals surface area contributed by atoms with Gasteiger partial charge in [0.2, 0.25) is 0 Å². The first-order chi connectivity index (χ1) is 14.9. The van der Waals surface area contributed by atoms with E-state index in [0.717, 1.165) is 6.42 Å². The van der Waals surface area contributed by atoms with Gasteiger partial charge < -0.3 is 30.7 Å². The topological polar surface area (TPSA) is 158 Å². The lowest BCUT2D eigenvalue weighted by molar-refractivity contribution is -0.0526. The van der Waals surface area contributed by atoms with Crippen LogP contribution in [0.5, 0.6) is 0 Å². The predicted molar refractivity (Wildman–Crippen MR) is 118 cm³/mol. The summed E-state index contributed by atoms with van der Waals surface area (Å²) in [5.74, 6) is 0.552. The molecule has 0 aliphatic carbocycles. The Hall–Kier alpha value is -2.55. The standard InChI is InChI=1S/C19H21IN6O5/c20-11-3-1-2-10(6-11)4-5-22-16-13-17(24-8-23-16)26(9-25-13)18-15(28)14(27)12(31-18)7-30-19(21)29/h1-3,6,8-9,12,14-15,18,27-28H,4-5,7H2,(H2,21,29)(H,22,23,24)/t12-,14?,15?,18-/m1/s1. The number of amides is 1. The van der Waals surface area contributed by atoms with E-state index in [-0.39, 0.29) is 6.61 Å². The summed E-state index contributed by atoms with van der Waals surface area (Å²) in [4.78, 5) is 23.7. The lowest BCUT2D eigenvalue weighted by atomic mass is 10.1. The molecule has 164 valence electrons. The van der Waals surface area contributed by atoms with Gasteiger partial charge in [-0.25, -0.2) is 19.7 Å². The summed E-state index contributed by atoms with van der Waals surface area (Å²) >= 11 is 2.28. The van der Waals surface area contributed by atoms with E-state index in [9.17, 15) is 15.0 Å². The number of nitrogens with one attached hydrogen (secondary N) is 1. The zero-order valence-electron chi connectivity index (χ0n) is 16.3. The second-order valence-electron chi connectivity index (χ2n) is 7.03. The van der Waals surface area contributed by atoms with E-state index < -0.39 is 30.6 Å². The zero-order valence-corrected chi connectivity index (χ0v) is 18.4. The van der Waals surface area contributed by atoms with Gasteiger partial charge in [0, 0.05) is 10.1 Å². The van der Waals surface area contributed by atoms with Crippen LogP contribution in [0, 0.1) is 3.57 Å². The second-order valence-corrected chi connectivity index (χ2v) is 8.27. The fraction of sp³-hybridized carbons (Fsp3) is 0.368. The Balaban J connectivity index is 1.49. The zero-order chi connectivity index (χ0) is 22.0. The number of nitrogens with zero attached hydrogens (tertiary/aromatic N) is 4. The molecule has 0 bridgehead atoms. The second kappa shape index (κ2) is 9.30. The largest absolute Gasteiger partial charge is 0.447 e. The highest BCUT2D eigenvalue weighted by Crippen LogP contribution is 2.32. The number of anilines is 1. The van der Waals surface area contributed by atoms with Gasteiger partial charge in [-0.1, -0.05) is 12.1 Å². The highest BCUT2D eigenvalue weighted by Gasteiger charge is 2.44. The first-order valence-electron chi connectivity index (χ1n) is 9.53. The fourth-order valence-corrected chi connectivity index (χ4v) is 4.05. The maximum Gasteiger partial charge on any atom is 0.404 e. The van der Waals surface area contributed by atoms with Gasteiger partial charge in [-0.15, -0.1) is 0 Å². The molecule has 4 rings (SSSR count). The first kappa shape index (κ1) is 21.7. The van der Waals surface area contributed by atoms with Gasteiger partial charge >= 0.3 is 6.09 Å². The van der Waals surface area contributed by atoms with Gasteiger partial charge in [-0.2, -0.15) is 0 Å². The van der Waals surface area contributed by atoms with Crippen LogP contribution >= 0.6 is 22.6 Å². The Kier molecular flexibility index (Phi) is 6.50. The molecule has 31 heavy (non-hydrogen) atoms. The number of primary amides is 1. The molecule has 2 aromatic heterocycles. The van der Waals surface area contributed by atoms with Gasteiger partial charge in [0.15, 0.2) is 23.2 Å². The Morgan fingerprint density at radius 1 is 1.29 bits per heavy atom. The number of hydrogen-bond donors (Lipinski definition) is 4. The molecular formula is C19H21IN6O5. The number of fused-ring (bicyclic) bond motifs is 1. The molecule has 2 unspecified atom stereocenters. The summed E-state index contributed by atoms with van der Waals surface area (Å²) < 4.78 is 13.1. The van der Waals surface area contributed by atoms with E-state index >= 15 is 0 Å². The Bertz CT molecular complexity index is 1080. The van der Waals surface area contributed by atoms with Gasteiger partial charge in [-0.05, 0) is 46.7 Å². The summed E-state index contributed by atoms with van der Waals surface area (Å²) in [7, 11) is 0. The Morgan fingerprint density at radius 3 is 2.90 bits per heavy atom. The van der Waals surface area contributed by atoms with Crippen LogP contribution in [0.4, 0.5) is 10.6 Å². The minimum Gasteiger partial charge on any atom is -0.447 e. The fourth-order valence-electron chi connectivity index (χ4n) is 3.45. The van der Waals surface area contributed by atoms with Crippen LogP contribution in [0.15, 0.2) is 36.9 Å². The van der Waals surface area contributed by atoms with E-state index in [1.54, 1.807) is 0 Å². The monoisotopic (exact) mass is 540 g/mol. The molecule has 3 aromatic rings. The third kappa shape index (κ3) is 4.71. The van der Waals surface area contributed by atoms with Crippen molar-refractivity contribution in [2.45, 2.75) is 31.0 Å². The minimum absolute atomic E-state index is 0.281. The van der Waals surface area contributed by atoms with Crippen LogP contribution < -0.4 is 11.1 Å². The van der Waals surface area contributed by atoms with Crippen LogP contribution in [-0.2, 0) is 15.9 Å². The molecular weight excluding hydrogens is 519 g/mol. The van der Waals surface area contributed by atoms with Crippen LogP contribution in [0.25, 0.3) is 11.2 Å². The maximum absolute atomic E-state index is 10.8. The summed E-state index contributed by atoms with van der Waals surface area (Å²) in [6.07, 6.45) is -1.77. The number of rotatable bonds is 7. The number of ether oxygens (including phenoxy) is 2. The number of halogens is 1. The quantitative estimate of drug-likeness (QED) is 0.318. The van der Waals surface area contributed by atoms with Crippen molar-refractivity contribution in [1.29, 1.82) is 0 Å². The van der Waals surface area contributed by atoms with E-state index in [1.807, 2.05) is 12.1 Å². The SMILES string of the molecule is NC(=O)OC[C@H]1O[C@@H](n2cnc3c(NCCc4cccc(I)c4)ncnc32)C(O)C1O. The molecule has 12 heteroatoms. The van der Waals surface area contributed by atoms with Crippen molar-refractivity contribution in [3.8, 4) is 0 Å². The van der Waals surface area contributed by atoms with E-state index in [1.165, 1.54) is 26.4 Å². The highest BCUT2D eigenvalue weighted by atomic mass is 127. The van der Waals surface area contributed by atoms with E-state index in [0.29, 0.717) is 23.5 Å². The molecule has 3 heterocycles. The highest BCUT2D eigenvalue weighted by molar-refractivity contribution is 14.1. The Morgan fingerprint density at radius 2 is 2.13 bits per heavy atom. The van der Waals surface area contributed by atoms with Crippen LogP contribution in [0.2, 0.25) is 0 Å². The van der Waals surface area contributed by atoms with Gasteiger partial charge in [0.05, 0.1) is 6.33 Å². The molecule has 0 spiro atoms. The van der Waals surface area contributed by atoms with Gasteiger partial charge in [0.25, 0.3) is 0 Å². The third-order valence-corrected chi connectivity index (χ3v) is 5.63. The third-order valence-electron chi connectivity index (χ3n) is 4.96. The van der Waals surface area contributed by atoms with Crippen molar-refractivity contribution in [3.05, 3.63) is 46.1 Å². The normalized spacial score (nSPS) is 23.2. The molecule has 1 amide bonds. The first-order valence-corrected chi connectivity index (χ1v) is 10.6. The molecule has 1 aliphatic heterocycles. The summed E-state index contributed by atoms with van der Waals surface area (Å²) in [5, 5.41) is 23.9. The minimum atomic E-state index is -1.27. The number of nitrogens with two attached hydrogens (primary N) is 1. The number of imidazole rings is 1. The number of carbonyl (C=O) groups is 1. The number of aliphatic hydroxyl groups excluding tert-OH is 2. The van der Waals surface area contributed by atoms with Gasteiger partial charge in [0.1, 0.15) is 31.2 Å². The van der Waals surface area contributed by atoms with Crippen molar-refractivity contribution in [3.63, 3.8) is 0 Å². The van der Waals surface area contributed by atoms with E-state index in [4.69, 9.17) is 10.5 Å². The summed E-state index contributed by atoms with van der Waals surface area (Å²) in [6, 6.07) is 8.25. The number of carbonyl (C=O) groups excluding carboxylic acids is 1. The summed E-state index contributed by atoms with van der Waals surface area (Å²) in [6.45, 7) is 0.365. The van der Waals surface area contributed by atoms with Gasteiger partial charge in [-0.3, -0.25) is 4.57 Å². The van der Waals surface area contributed by atoms with Crippen LogP contribution in [0.1, 0.15) is 11.8 Å².